The molecule has 0 fully saturated rings. The van der Waals surface area contributed by atoms with Crippen LogP contribution in [0.4, 0.5) is 0 Å². The number of ether oxygens (including phenoxy) is 3. The van der Waals surface area contributed by atoms with Crippen LogP contribution in [0.1, 0.15) is 34.1 Å². The van der Waals surface area contributed by atoms with Gasteiger partial charge in [0, 0.05) is 6.92 Å². The molecule has 88 valence electrons. The van der Waals surface area contributed by atoms with Gasteiger partial charge in [-0.15, -0.1) is 0 Å². The fourth-order valence-electron chi connectivity index (χ4n) is 0.659. The minimum absolute atomic E-state index is 0.212. The Labute approximate surface area is 89.7 Å². The van der Waals surface area contributed by atoms with E-state index in [0.717, 1.165) is 6.42 Å². The van der Waals surface area contributed by atoms with Gasteiger partial charge in [-0.25, -0.2) is 4.79 Å². The normalized spacial score (nSPS) is 10.9. The Morgan fingerprint density at radius 2 is 1.87 bits per heavy atom. The van der Waals surface area contributed by atoms with Crippen LogP contribution in [0.25, 0.3) is 0 Å². The first-order valence-corrected chi connectivity index (χ1v) is 4.80. The maximum Gasteiger partial charge on any atom is 0.332 e. The lowest BCUT2D eigenvalue weighted by Crippen LogP contribution is -2.29. The molecule has 0 radical (unpaired) electrons. The lowest BCUT2D eigenvalue weighted by Gasteiger charge is -2.23. The van der Waals surface area contributed by atoms with Crippen LogP contribution in [0.5, 0.6) is 0 Å². The number of esters is 2. The Balaban J connectivity index is 3.62. The van der Waals surface area contributed by atoms with Gasteiger partial charge in [-0.05, 0) is 20.3 Å². The zero-order valence-electron chi connectivity index (χ0n) is 9.66. The van der Waals surface area contributed by atoms with E-state index in [1.165, 1.54) is 6.92 Å². The van der Waals surface area contributed by atoms with Crippen molar-refractivity contribution in [2.75, 3.05) is 13.4 Å². The molecule has 0 aromatic carbocycles. The zero-order valence-corrected chi connectivity index (χ0v) is 9.66. The molecule has 0 heterocycles. The Bertz CT molecular complexity index is 222. The summed E-state index contributed by atoms with van der Waals surface area (Å²) in [7, 11) is 0. The Kier molecular flexibility index (Phi) is 5.93. The molecule has 0 N–H and O–H groups in total. The molecule has 0 unspecified atom stereocenters. The van der Waals surface area contributed by atoms with Gasteiger partial charge in [0.15, 0.2) is 6.79 Å². The number of carbonyl (C=O) groups excluding carboxylic acids is 2. The molecule has 0 atom stereocenters. The average Bonchev–Trinajstić information content (AvgIpc) is 2.11. The lowest BCUT2D eigenvalue weighted by molar-refractivity contribution is -0.171. The predicted molar refractivity (Wildman–Crippen MR) is 53.0 cm³/mol. The Morgan fingerprint density at radius 3 is 2.33 bits per heavy atom. The molecule has 0 aliphatic carbocycles. The molecule has 0 bridgehead atoms. The van der Waals surface area contributed by atoms with Crippen molar-refractivity contribution in [3.05, 3.63) is 0 Å². The molecule has 15 heavy (non-hydrogen) atoms. The van der Waals surface area contributed by atoms with Crippen LogP contribution >= 0.6 is 0 Å². The summed E-state index contributed by atoms with van der Waals surface area (Å²) in [4.78, 5) is 21.5. The summed E-state index contributed by atoms with van der Waals surface area (Å²) in [6.45, 7) is 6.39. The SMILES string of the molecule is CCC(C)(C)OC(=O)COCOC(C)=O. The number of hydrogen-bond donors (Lipinski definition) is 0. The summed E-state index contributed by atoms with van der Waals surface area (Å²) in [5.41, 5.74) is -0.484. The van der Waals surface area contributed by atoms with Crippen molar-refractivity contribution < 1.29 is 23.8 Å². The topological polar surface area (TPSA) is 61.8 Å². The minimum atomic E-state index is -0.484. The largest absolute Gasteiger partial charge is 0.458 e. The van der Waals surface area contributed by atoms with E-state index in [-0.39, 0.29) is 13.4 Å². The monoisotopic (exact) mass is 218 g/mol. The number of carbonyl (C=O) groups is 2. The highest BCUT2D eigenvalue weighted by Gasteiger charge is 2.20. The van der Waals surface area contributed by atoms with Crippen LogP contribution in [0.3, 0.4) is 0 Å². The van der Waals surface area contributed by atoms with Crippen molar-refractivity contribution in [3.8, 4) is 0 Å². The van der Waals surface area contributed by atoms with E-state index in [1.54, 1.807) is 0 Å². The van der Waals surface area contributed by atoms with E-state index in [1.807, 2.05) is 20.8 Å². The third-order valence-electron chi connectivity index (χ3n) is 1.81. The maximum absolute atomic E-state index is 11.2. The number of hydrogen-bond acceptors (Lipinski definition) is 5. The van der Waals surface area contributed by atoms with E-state index in [0.29, 0.717) is 0 Å². The standard InChI is InChI=1S/C10H18O5/c1-5-10(3,4)15-9(12)6-13-7-14-8(2)11/h5-7H2,1-4H3. The highest BCUT2D eigenvalue weighted by molar-refractivity contribution is 5.71. The molecule has 0 saturated carbocycles. The van der Waals surface area contributed by atoms with Crippen LogP contribution in [-0.4, -0.2) is 30.9 Å². The van der Waals surface area contributed by atoms with Gasteiger partial charge in [-0.3, -0.25) is 4.79 Å². The molecule has 0 spiro atoms. The highest BCUT2D eigenvalue weighted by atomic mass is 16.7. The van der Waals surface area contributed by atoms with Gasteiger partial charge in [-0.2, -0.15) is 0 Å². The smallest absolute Gasteiger partial charge is 0.332 e. The van der Waals surface area contributed by atoms with Gasteiger partial charge in [0.1, 0.15) is 12.2 Å². The molecule has 5 nitrogen and oxygen atoms in total. The molecule has 0 aliphatic heterocycles. The van der Waals surface area contributed by atoms with Crippen LogP contribution in [0.15, 0.2) is 0 Å². The first-order valence-electron chi connectivity index (χ1n) is 4.80. The van der Waals surface area contributed by atoms with Gasteiger partial charge in [0.25, 0.3) is 0 Å². The first-order chi connectivity index (χ1) is 6.87. The summed E-state index contributed by atoms with van der Waals surface area (Å²) in [6, 6.07) is 0. The zero-order chi connectivity index (χ0) is 11.9. The van der Waals surface area contributed by atoms with Gasteiger partial charge in [-0.1, -0.05) is 6.92 Å². The lowest BCUT2D eigenvalue weighted by atomic mass is 10.1. The Hall–Kier alpha value is -1.10. The molecular weight excluding hydrogens is 200 g/mol. The van der Waals surface area contributed by atoms with Crippen molar-refractivity contribution in [3.63, 3.8) is 0 Å². The fraction of sp³-hybridized carbons (Fsp3) is 0.800. The van der Waals surface area contributed by atoms with Gasteiger partial charge < -0.3 is 14.2 Å². The Morgan fingerprint density at radius 1 is 1.27 bits per heavy atom. The summed E-state index contributed by atoms with van der Waals surface area (Å²) in [6.07, 6.45) is 0.725. The molecule has 0 aromatic rings. The van der Waals surface area contributed by atoms with Crippen LogP contribution in [-0.2, 0) is 23.8 Å². The van der Waals surface area contributed by atoms with Crippen LogP contribution in [0, 0.1) is 0 Å². The quantitative estimate of drug-likeness (QED) is 0.381. The third kappa shape index (κ3) is 7.93. The molecule has 5 heteroatoms. The molecular formula is C10H18O5. The summed E-state index contributed by atoms with van der Waals surface area (Å²) < 4.78 is 14.3. The highest BCUT2D eigenvalue weighted by Crippen LogP contribution is 2.13. The van der Waals surface area contributed by atoms with Gasteiger partial charge >= 0.3 is 11.9 Å². The van der Waals surface area contributed by atoms with E-state index in [2.05, 4.69) is 4.74 Å². The first kappa shape index (κ1) is 13.9. The predicted octanol–water partition coefficient (Wildman–Crippen LogP) is 1.26. The van der Waals surface area contributed by atoms with E-state index in [4.69, 9.17) is 9.47 Å². The second kappa shape index (κ2) is 6.40. The van der Waals surface area contributed by atoms with Crippen LogP contribution in [0.2, 0.25) is 0 Å². The average molecular weight is 218 g/mol. The molecule has 0 amide bonds. The number of rotatable bonds is 6. The van der Waals surface area contributed by atoms with E-state index in [9.17, 15) is 9.59 Å². The molecule has 0 aromatic heterocycles. The van der Waals surface area contributed by atoms with Gasteiger partial charge in [0.2, 0.25) is 0 Å². The third-order valence-corrected chi connectivity index (χ3v) is 1.81. The van der Waals surface area contributed by atoms with Crippen molar-refractivity contribution in [1.82, 2.24) is 0 Å². The maximum atomic E-state index is 11.2. The fourth-order valence-corrected chi connectivity index (χ4v) is 0.659. The molecule has 0 aliphatic rings. The second-order valence-electron chi connectivity index (χ2n) is 3.69. The molecule has 0 saturated heterocycles. The van der Waals surface area contributed by atoms with Crippen LogP contribution < -0.4 is 0 Å². The van der Waals surface area contributed by atoms with Crippen molar-refractivity contribution >= 4 is 11.9 Å². The van der Waals surface area contributed by atoms with E-state index >= 15 is 0 Å². The summed E-state index contributed by atoms with van der Waals surface area (Å²) in [5.74, 6) is -0.911. The summed E-state index contributed by atoms with van der Waals surface area (Å²) >= 11 is 0. The summed E-state index contributed by atoms with van der Waals surface area (Å²) in [5, 5.41) is 0. The second-order valence-corrected chi connectivity index (χ2v) is 3.69. The minimum Gasteiger partial charge on any atom is -0.458 e. The van der Waals surface area contributed by atoms with Crippen molar-refractivity contribution in [1.29, 1.82) is 0 Å². The molecule has 0 rings (SSSR count). The van der Waals surface area contributed by atoms with Crippen molar-refractivity contribution in [2.45, 2.75) is 39.7 Å². The van der Waals surface area contributed by atoms with Gasteiger partial charge in [0.05, 0.1) is 0 Å². The van der Waals surface area contributed by atoms with Crippen molar-refractivity contribution in [2.24, 2.45) is 0 Å². The van der Waals surface area contributed by atoms with E-state index < -0.39 is 17.5 Å².